The van der Waals surface area contributed by atoms with Crippen LogP contribution in [-0.2, 0) is 32.6 Å². The van der Waals surface area contributed by atoms with Gasteiger partial charge in [-0.05, 0) is 67.8 Å². The highest BCUT2D eigenvalue weighted by Crippen LogP contribution is 2.33. The number of benzene rings is 4. The van der Waals surface area contributed by atoms with Gasteiger partial charge in [0.1, 0.15) is 18.3 Å². The molecule has 0 saturated heterocycles. The van der Waals surface area contributed by atoms with Gasteiger partial charge in [0.25, 0.3) is 10.0 Å². The molecule has 0 saturated carbocycles. The number of hydrogen-bond donors (Lipinski definition) is 1. The van der Waals surface area contributed by atoms with Gasteiger partial charge >= 0.3 is 0 Å². The molecular formula is C36H40BrN3O5S. The number of para-hydroxylation sites is 2. The monoisotopic (exact) mass is 705 g/mol. The van der Waals surface area contributed by atoms with Crippen LogP contribution in [0, 0.1) is 0 Å². The first kappa shape index (κ1) is 34.7. The second-order valence-electron chi connectivity index (χ2n) is 10.9. The number of halogens is 1. The summed E-state index contributed by atoms with van der Waals surface area (Å²) in [5.74, 6) is -0.517. The summed E-state index contributed by atoms with van der Waals surface area (Å²) in [7, 11) is -4.23. The molecule has 242 valence electrons. The van der Waals surface area contributed by atoms with Gasteiger partial charge in [-0.2, -0.15) is 0 Å². The molecule has 0 spiro atoms. The predicted molar refractivity (Wildman–Crippen MR) is 185 cm³/mol. The maximum atomic E-state index is 14.6. The lowest BCUT2D eigenvalue weighted by atomic mass is 10.0. The van der Waals surface area contributed by atoms with Crippen molar-refractivity contribution in [3.63, 3.8) is 0 Å². The number of nitrogens with zero attached hydrogens (tertiary/aromatic N) is 2. The van der Waals surface area contributed by atoms with E-state index in [0.29, 0.717) is 18.8 Å². The highest BCUT2D eigenvalue weighted by Gasteiger charge is 2.35. The molecule has 4 aromatic carbocycles. The van der Waals surface area contributed by atoms with Crippen LogP contribution in [0.2, 0.25) is 0 Å². The van der Waals surface area contributed by atoms with Crippen molar-refractivity contribution < 1.29 is 22.7 Å². The number of sulfonamides is 1. The summed E-state index contributed by atoms with van der Waals surface area (Å²) >= 11 is 3.46. The zero-order valence-electron chi connectivity index (χ0n) is 26.3. The van der Waals surface area contributed by atoms with E-state index in [4.69, 9.17) is 4.74 Å². The Balaban J connectivity index is 1.83. The minimum absolute atomic E-state index is 0.0314. The lowest BCUT2D eigenvalue weighted by molar-refractivity contribution is -0.140. The van der Waals surface area contributed by atoms with Gasteiger partial charge in [0.15, 0.2) is 0 Å². The molecule has 8 nitrogen and oxygen atoms in total. The molecular weight excluding hydrogens is 666 g/mol. The Labute approximate surface area is 280 Å². The van der Waals surface area contributed by atoms with Crippen molar-refractivity contribution in [2.24, 2.45) is 0 Å². The van der Waals surface area contributed by atoms with E-state index >= 15 is 0 Å². The highest BCUT2D eigenvalue weighted by atomic mass is 79.9. The van der Waals surface area contributed by atoms with Gasteiger partial charge < -0.3 is 15.0 Å². The molecule has 1 N–H and O–H groups in total. The normalized spacial score (nSPS) is 12.5. The summed E-state index contributed by atoms with van der Waals surface area (Å²) < 4.78 is 36.2. The Morgan fingerprint density at radius 2 is 1.43 bits per heavy atom. The second-order valence-corrected chi connectivity index (χ2v) is 13.7. The van der Waals surface area contributed by atoms with E-state index in [2.05, 4.69) is 21.2 Å². The highest BCUT2D eigenvalue weighted by molar-refractivity contribution is 9.10. The number of carbonyl (C=O) groups excluding carboxylic acids is 2. The molecule has 2 atom stereocenters. The molecule has 0 fully saturated rings. The standard InChI is InChI=1S/C36H40BrN3O5S/c1-4-27(3)38-36(42)33(24-28-14-8-6-9-15-28)39(25-29-20-22-30(37)23-21-29)35(41)26-40(32-18-12-13-19-34(32)45-5-2)46(43,44)31-16-10-7-11-17-31/h6-23,27,33H,4-5,24-26H2,1-3H3,(H,38,42)/t27-,33+/m1/s1. The van der Waals surface area contributed by atoms with Gasteiger partial charge in [-0.1, -0.05) is 95.7 Å². The fourth-order valence-corrected chi connectivity index (χ4v) is 6.67. The van der Waals surface area contributed by atoms with Crippen molar-refractivity contribution in [2.75, 3.05) is 17.5 Å². The van der Waals surface area contributed by atoms with Crippen LogP contribution in [0.3, 0.4) is 0 Å². The zero-order valence-corrected chi connectivity index (χ0v) is 28.7. The number of rotatable bonds is 15. The lowest BCUT2D eigenvalue weighted by Crippen LogP contribution is -2.54. The summed E-state index contributed by atoms with van der Waals surface area (Å²) in [4.78, 5) is 30.1. The van der Waals surface area contributed by atoms with Gasteiger partial charge in [-0.15, -0.1) is 0 Å². The van der Waals surface area contributed by atoms with E-state index in [1.807, 2.05) is 75.4 Å². The Morgan fingerprint density at radius 3 is 2.07 bits per heavy atom. The second kappa shape index (κ2) is 16.4. The number of ether oxygens (including phenoxy) is 1. The Kier molecular flexibility index (Phi) is 12.4. The number of hydrogen-bond acceptors (Lipinski definition) is 5. The van der Waals surface area contributed by atoms with Crippen LogP contribution < -0.4 is 14.4 Å². The first-order valence-corrected chi connectivity index (χ1v) is 17.5. The van der Waals surface area contributed by atoms with E-state index in [0.717, 1.165) is 19.9 Å². The largest absolute Gasteiger partial charge is 0.492 e. The molecule has 0 heterocycles. The number of anilines is 1. The zero-order chi connectivity index (χ0) is 33.1. The molecule has 2 amide bonds. The minimum atomic E-state index is -4.23. The average molecular weight is 707 g/mol. The topological polar surface area (TPSA) is 96.0 Å². The number of amides is 2. The van der Waals surface area contributed by atoms with E-state index in [1.165, 1.54) is 17.0 Å². The Morgan fingerprint density at radius 1 is 0.826 bits per heavy atom. The summed E-state index contributed by atoms with van der Waals surface area (Å²) in [6, 6.07) is 30.7. The third-order valence-electron chi connectivity index (χ3n) is 7.58. The van der Waals surface area contributed by atoms with Gasteiger partial charge in [0, 0.05) is 23.5 Å². The van der Waals surface area contributed by atoms with Gasteiger partial charge in [-0.25, -0.2) is 8.42 Å². The lowest BCUT2D eigenvalue weighted by Gasteiger charge is -2.34. The molecule has 0 unspecified atom stereocenters. The molecule has 0 radical (unpaired) electrons. The van der Waals surface area contributed by atoms with Crippen molar-refractivity contribution in [1.29, 1.82) is 0 Å². The summed E-state index contributed by atoms with van der Waals surface area (Å²) in [6.45, 7) is 5.53. The van der Waals surface area contributed by atoms with Crippen LogP contribution in [0.25, 0.3) is 0 Å². The van der Waals surface area contributed by atoms with Gasteiger partial charge in [-0.3, -0.25) is 13.9 Å². The van der Waals surface area contributed by atoms with Crippen molar-refractivity contribution >= 4 is 43.5 Å². The maximum Gasteiger partial charge on any atom is 0.264 e. The Hall–Kier alpha value is -4.15. The fourth-order valence-electron chi connectivity index (χ4n) is 4.96. The van der Waals surface area contributed by atoms with E-state index < -0.39 is 28.5 Å². The van der Waals surface area contributed by atoms with Crippen molar-refractivity contribution in [3.8, 4) is 5.75 Å². The van der Waals surface area contributed by atoms with Gasteiger partial charge in [0.2, 0.25) is 11.8 Å². The van der Waals surface area contributed by atoms with Crippen LogP contribution in [0.5, 0.6) is 5.75 Å². The quantitative estimate of drug-likeness (QED) is 0.150. The smallest absolute Gasteiger partial charge is 0.264 e. The molecule has 0 aliphatic carbocycles. The van der Waals surface area contributed by atoms with Crippen molar-refractivity contribution in [3.05, 3.63) is 125 Å². The first-order chi connectivity index (χ1) is 22.1. The van der Waals surface area contributed by atoms with Gasteiger partial charge in [0.05, 0.1) is 17.2 Å². The average Bonchev–Trinajstić information content (AvgIpc) is 3.07. The Bertz CT molecular complexity index is 1690. The fraction of sp³-hybridized carbons (Fsp3) is 0.278. The van der Waals surface area contributed by atoms with Crippen LogP contribution in [0.1, 0.15) is 38.3 Å². The third kappa shape index (κ3) is 8.98. The van der Waals surface area contributed by atoms with E-state index in [-0.39, 0.29) is 35.5 Å². The number of carbonyl (C=O) groups is 2. The van der Waals surface area contributed by atoms with Crippen molar-refractivity contribution in [2.45, 2.75) is 57.1 Å². The molecule has 10 heteroatoms. The van der Waals surface area contributed by atoms with Crippen LogP contribution in [0.15, 0.2) is 119 Å². The van der Waals surface area contributed by atoms with E-state index in [9.17, 15) is 18.0 Å². The molecule has 4 rings (SSSR count). The minimum Gasteiger partial charge on any atom is -0.492 e. The first-order valence-electron chi connectivity index (χ1n) is 15.3. The molecule has 4 aromatic rings. The van der Waals surface area contributed by atoms with Crippen molar-refractivity contribution in [1.82, 2.24) is 10.2 Å². The maximum absolute atomic E-state index is 14.6. The third-order valence-corrected chi connectivity index (χ3v) is 9.88. The van der Waals surface area contributed by atoms with Crippen LogP contribution in [0.4, 0.5) is 5.69 Å². The molecule has 0 aromatic heterocycles. The van der Waals surface area contributed by atoms with Crippen LogP contribution in [-0.4, -0.2) is 50.4 Å². The summed E-state index contributed by atoms with van der Waals surface area (Å²) in [5.41, 5.74) is 1.89. The van der Waals surface area contributed by atoms with Crippen LogP contribution >= 0.6 is 15.9 Å². The SMILES string of the molecule is CCOc1ccccc1N(CC(=O)N(Cc1ccc(Br)cc1)[C@@H](Cc1ccccc1)C(=O)N[C@H](C)CC)S(=O)(=O)c1ccccc1. The molecule has 0 aliphatic rings. The predicted octanol–water partition coefficient (Wildman–Crippen LogP) is 6.60. The molecule has 0 bridgehead atoms. The summed E-state index contributed by atoms with van der Waals surface area (Å²) in [6.07, 6.45) is 0.952. The summed E-state index contributed by atoms with van der Waals surface area (Å²) in [5, 5.41) is 3.05. The van der Waals surface area contributed by atoms with E-state index in [1.54, 1.807) is 42.5 Å². The molecule has 0 aliphatic heterocycles. The molecule has 46 heavy (non-hydrogen) atoms. The number of nitrogens with one attached hydrogen (secondary N) is 1.